The standard InChI is InChI=1S/C23H28N2O6/c1-16(2)11-12-30-19-10-9-18(13-20(19)29-3)22(27)31-15-21(26)25-23(28)24-14-17-7-5-4-6-8-17/h4-10,13,16H,11-12,14-15H2,1-3H3,(H2,24,25,26,28). The van der Waals surface area contributed by atoms with E-state index in [1.807, 2.05) is 30.3 Å². The quantitative estimate of drug-likeness (QED) is 0.563. The molecule has 0 saturated carbocycles. The summed E-state index contributed by atoms with van der Waals surface area (Å²) < 4.78 is 15.9. The highest BCUT2D eigenvalue weighted by Gasteiger charge is 2.15. The first-order chi connectivity index (χ1) is 14.9. The Morgan fingerprint density at radius 1 is 1.00 bits per heavy atom. The van der Waals surface area contributed by atoms with E-state index < -0.39 is 24.5 Å². The fourth-order valence-corrected chi connectivity index (χ4v) is 2.52. The molecule has 0 atom stereocenters. The Bertz CT molecular complexity index is 883. The number of hydrogen-bond donors (Lipinski definition) is 2. The molecule has 2 aromatic rings. The molecule has 8 heteroatoms. The molecular weight excluding hydrogens is 400 g/mol. The molecule has 0 heterocycles. The van der Waals surface area contributed by atoms with Crippen molar-refractivity contribution in [1.82, 2.24) is 10.6 Å². The summed E-state index contributed by atoms with van der Waals surface area (Å²) in [5.74, 6) is -0.0336. The Labute approximate surface area is 181 Å². The molecule has 0 saturated heterocycles. The van der Waals surface area contributed by atoms with Gasteiger partial charge < -0.3 is 19.5 Å². The van der Waals surface area contributed by atoms with Gasteiger partial charge in [-0.25, -0.2) is 9.59 Å². The molecule has 0 fully saturated rings. The van der Waals surface area contributed by atoms with Crippen LogP contribution in [0.3, 0.4) is 0 Å². The van der Waals surface area contributed by atoms with Crippen molar-refractivity contribution in [3.8, 4) is 11.5 Å². The zero-order chi connectivity index (χ0) is 22.6. The molecular formula is C23H28N2O6. The lowest BCUT2D eigenvalue weighted by Crippen LogP contribution is -2.41. The lowest BCUT2D eigenvalue weighted by atomic mass is 10.1. The highest BCUT2D eigenvalue weighted by molar-refractivity contribution is 5.97. The first-order valence-electron chi connectivity index (χ1n) is 9.98. The van der Waals surface area contributed by atoms with Crippen molar-refractivity contribution in [3.63, 3.8) is 0 Å². The summed E-state index contributed by atoms with van der Waals surface area (Å²) in [5, 5.41) is 4.66. The molecule has 0 bridgehead atoms. The molecule has 0 aliphatic rings. The number of benzene rings is 2. The third-order valence-corrected chi connectivity index (χ3v) is 4.24. The molecule has 0 radical (unpaired) electrons. The maximum Gasteiger partial charge on any atom is 0.338 e. The summed E-state index contributed by atoms with van der Waals surface area (Å²) in [6.45, 7) is 4.41. The summed E-state index contributed by atoms with van der Waals surface area (Å²) in [6, 6.07) is 13.2. The Balaban J connectivity index is 1.80. The van der Waals surface area contributed by atoms with Crippen molar-refractivity contribution >= 4 is 17.9 Å². The van der Waals surface area contributed by atoms with E-state index >= 15 is 0 Å². The number of rotatable bonds is 10. The molecule has 0 aromatic heterocycles. The number of nitrogens with one attached hydrogen (secondary N) is 2. The highest BCUT2D eigenvalue weighted by atomic mass is 16.5. The Kier molecular flexibility index (Phi) is 9.35. The number of carbonyl (C=O) groups excluding carboxylic acids is 3. The van der Waals surface area contributed by atoms with E-state index in [0.717, 1.165) is 12.0 Å². The van der Waals surface area contributed by atoms with Crippen molar-refractivity contribution in [2.24, 2.45) is 5.92 Å². The minimum atomic E-state index is -0.737. The van der Waals surface area contributed by atoms with Gasteiger partial charge >= 0.3 is 12.0 Å². The number of methoxy groups -OCH3 is 1. The Morgan fingerprint density at radius 2 is 1.74 bits per heavy atom. The largest absolute Gasteiger partial charge is 0.493 e. The summed E-state index contributed by atoms with van der Waals surface area (Å²) in [6.07, 6.45) is 0.890. The maximum absolute atomic E-state index is 12.2. The van der Waals surface area contributed by atoms with Gasteiger partial charge in [-0.05, 0) is 36.1 Å². The summed E-state index contributed by atoms with van der Waals surface area (Å²) in [5.41, 5.74) is 1.09. The number of urea groups is 1. The van der Waals surface area contributed by atoms with E-state index in [1.54, 1.807) is 6.07 Å². The summed E-state index contributed by atoms with van der Waals surface area (Å²) >= 11 is 0. The van der Waals surface area contributed by atoms with Crippen molar-refractivity contribution in [2.45, 2.75) is 26.8 Å². The van der Waals surface area contributed by atoms with Gasteiger partial charge in [0.25, 0.3) is 5.91 Å². The lowest BCUT2D eigenvalue weighted by Gasteiger charge is -2.13. The van der Waals surface area contributed by atoms with Crippen molar-refractivity contribution in [3.05, 3.63) is 59.7 Å². The SMILES string of the molecule is COc1cc(C(=O)OCC(=O)NC(=O)NCc2ccccc2)ccc1OCCC(C)C. The number of ether oxygens (including phenoxy) is 3. The van der Waals surface area contributed by atoms with E-state index in [9.17, 15) is 14.4 Å². The zero-order valence-electron chi connectivity index (χ0n) is 18.0. The van der Waals surface area contributed by atoms with Crippen LogP contribution in [0.2, 0.25) is 0 Å². The third-order valence-electron chi connectivity index (χ3n) is 4.24. The van der Waals surface area contributed by atoms with Gasteiger partial charge in [0, 0.05) is 6.54 Å². The Morgan fingerprint density at radius 3 is 2.42 bits per heavy atom. The van der Waals surface area contributed by atoms with Gasteiger partial charge in [0.05, 0.1) is 19.3 Å². The molecule has 8 nitrogen and oxygen atoms in total. The van der Waals surface area contributed by atoms with Crippen molar-refractivity contribution < 1.29 is 28.6 Å². The van der Waals surface area contributed by atoms with Gasteiger partial charge in [-0.15, -0.1) is 0 Å². The van der Waals surface area contributed by atoms with Crippen LogP contribution in [-0.2, 0) is 16.1 Å². The lowest BCUT2D eigenvalue weighted by molar-refractivity contribution is -0.123. The van der Waals surface area contributed by atoms with Gasteiger partial charge in [-0.1, -0.05) is 44.2 Å². The Hall–Kier alpha value is -3.55. The first-order valence-corrected chi connectivity index (χ1v) is 9.98. The first kappa shape index (κ1) is 23.7. The topological polar surface area (TPSA) is 103 Å². The van der Waals surface area contributed by atoms with Crippen LogP contribution in [0.25, 0.3) is 0 Å². The predicted octanol–water partition coefficient (Wildman–Crippen LogP) is 3.30. The number of imide groups is 1. The van der Waals surface area contributed by atoms with Gasteiger partial charge in [0.1, 0.15) is 0 Å². The van der Waals surface area contributed by atoms with Crippen LogP contribution < -0.4 is 20.1 Å². The van der Waals surface area contributed by atoms with Gasteiger partial charge in [-0.3, -0.25) is 10.1 Å². The van der Waals surface area contributed by atoms with Gasteiger partial charge in [-0.2, -0.15) is 0 Å². The average molecular weight is 428 g/mol. The number of hydrogen-bond acceptors (Lipinski definition) is 6. The minimum absolute atomic E-state index is 0.203. The van der Waals surface area contributed by atoms with Crippen LogP contribution in [0.4, 0.5) is 4.79 Å². The molecule has 166 valence electrons. The van der Waals surface area contributed by atoms with Gasteiger partial charge in [0.15, 0.2) is 18.1 Å². The molecule has 2 N–H and O–H groups in total. The van der Waals surface area contributed by atoms with Gasteiger partial charge in [0.2, 0.25) is 0 Å². The second kappa shape index (κ2) is 12.2. The van der Waals surface area contributed by atoms with Crippen LogP contribution in [0.5, 0.6) is 11.5 Å². The monoisotopic (exact) mass is 428 g/mol. The fourth-order valence-electron chi connectivity index (χ4n) is 2.52. The second-order valence-corrected chi connectivity index (χ2v) is 7.19. The third kappa shape index (κ3) is 8.38. The average Bonchev–Trinajstić information content (AvgIpc) is 2.76. The number of amides is 3. The molecule has 3 amide bonds. The van der Waals surface area contributed by atoms with E-state index in [1.165, 1.54) is 19.2 Å². The maximum atomic E-state index is 12.2. The van der Waals surface area contributed by atoms with E-state index in [0.29, 0.717) is 24.0 Å². The molecule has 2 rings (SSSR count). The van der Waals surface area contributed by atoms with E-state index in [4.69, 9.17) is 14.2 Å². The highest BCUT2D eigenvalue weighted by Crippen LogP contribution is 2.28. The van der Waals surface area contributed by atoms with Crippen LogP contribution in [0.15, 0.2) is 48.5 Å². The minimum Gasteiger partial charge on any atom is -0.493 e. The van der Waals surface area contributed by atoms with Crippen LogP contribution in [0, 0.1) is 5.92 Å². The zero-order valence-corrected chi connectivity index (χ0v) is 18.0. The number of carbonyl (C=O) groups is 3. The predicted molar refractivity (Wildman–Crippen MR) is 115 cm³/mol. The molecule has 0 spiro atoms. The molecule has 0 aliphatic carbocycles. The summed E-state index contributed by atoms with van der Waals surface area (Å²) in [7, 11) is 1.47. The molecule has 31 heavy (non-hydrogen) atoms. The number of esters is 1. The van der Waals surface area contributed by atoms with E-state index in [2.05, 4.69) is 24.5 Å². The van der Waals surface area contributed by atoms with Crippen LogP contribution >= 0.6 is 0 Å². The molecule has 0 unspecified atom stereocenters. The van der Waals surface area contributed by atoms with Crippen molar-refractivity contribution in [1.29, 1.82) is 0 Å². The van der Waals surface area contributed by atoms with E-state index in [-0.39, 0.29) is 12.1 Å². The van der Waals surface area contributed by atoms with Crippen LogP contribution in [0.1, 0.15) is 36.2 Å². The smallest absolute Gasteiger partial charge is 0.338 e. The molecule has 2 aromatic carbocycles. The molecule has 0 aliphatic heterocycles. The second-order valence-electron chi connectivity index (χ2n) is 7.19. The summed E-state index contributed by atoms with van der Waals surface area (Å²) in [4.78, 5) is 35.9. The normalized spacial score (nSPS) is 10.3. The fraction of sp³-hybridized carbons (Fsp3) is 0.348. The van der Waals surface area contributed by atoms with Crippen molar-refractivity contribution in [2.75, 3.05) is 20.3 Å². The van der Waals surface area contributed by atoms with Crippen LogP contribution in [-0.4, -0.2) is 38.2 Å².